The van der Waals surface area contributed by atoms with Gasteiger partial charge in [0.25, 0.3) is 0 Å². The third kappa shape index (κ3) is 4.84. The predicted molar refractivity (Wildman–Crippen MR) is 102 cm³/mol. The first-order valence-electron chi connectivity index (χ1n) is 9.47. The van der Waals surface area contributed by atoms with Crippen LogP contribution in [0, 0.1) is 5.92 Å². The van der Waals surface area contributed by atoms with Crippen molar-refractivity contribution in [3.8, 4) is 0 Å². The Kier molecular flexibility index (Phi) is 6.32. The van der Waals surface area contributed by atoms with E-state index in [0.717, 1.165) is 13.1 Å². The van der Waals surface area contributed by atoms with E-state index >= 15 is 0 Å². The van der Waals surface area contributed by atoms with E-state index in [1.165, 1.54) is 29.0 Å². The van der Waals surface area contributed by atoms with Crippen molar-refractivity contribution in [2.45, 2.75) is 31.7 Å². The van der Waals surface area contributed by atoms with Crippen LogP contribution in [0.2, 0.25) is 0 Å². The van der Waals surface area contributed by atoms with Crippen LogP contribution in [0.15, 0.2) is 30.3 Å². The van der Waals surface area contributed by atoms with Gasteiger partial charge in [0.15, 0.2) is 0 Å². The Morgan fingerprint density at radius 3 is 2.31 bits per heavy atom. The molecule has 1 aromatic rings. The Balaban J connectivity index is 1.56. The summed E-state index contributed by atoms with van der Waals surface area (Å²) < 4.78 is 24.7. The number of nitrogens with zero attached hydrogens (tertiary/aromatic N) is 2. The number of carbonyl (C=O) groups is 1. The van der Waals surface area contributed by atoms with Crippen LogP contribution in [0.3, 0.4) is 0 Å². The van der Waals surface area contributed by atoms with Crippen molar-refractivity contribution in [1.82, 2.24) is 14.5 Å². The summed E-state index contributed by atoms with van der Waals surface area (Å²) in [6, 6.07) is 10.6. The van der Waals surface area contributed by atoms with Crippen molar-refractivity contribution in [1.29, 1.82) is 0 Å². The molecule has 26 heavy (non-hydrogen) atoms. The third-order valence-electron chi connectivity index (χ3n) is 5.53. The largest absolute Gasteiger partial charge is 0.354 e. The summed E-state index contributed by atoms with van der Waals surface area (Å²) in [6.07, 6.45) is 4.84. The van der Waals surface area contributed by atoms with Crippen molar-refractivity contribution in [3.05, 3.63) is 35.9 Å². The van der Waals surface area contributed by atoms with Crippen LogP contribution in [0.5, 0.6) is 0 Å². The molecule has 0 unspecified atom stereocenters. The van der Waals surface area contributed by atoms with Gasteiger partial charge in [-0.15, -0.1) is 0 Å². The topological polar surface area (TPSA) is 69.7 Å². The number of rotatable bonds is 6. The molecule has 1 amide bonds. The summed E-state index contributed by atoms with van der Waals surface area (Å²) in [5.74, 6) is -0.0405. The molecule has 1 N–H and O–H groups in total. The van der Waals surface area contributed by atoms with E-state index < -0.39 is 10.0 Å². The highest BCUT2D eigenvalue weighted by Gasteiger charge is 2.30. The van der Waals surface area contributed by atoms with Crippen LogP contribution in [0.4, 0.5) is 0 Å². The van der Waals surface area contributed by atoms with Gasteiger partial charge in [0.2, 0.25) is 15.9 Å². The normalized spacial score (nSPS) is 21.6. The molecule has 7 heteroatoms. The number of hydrogen-bond donors (Lipinski definition) is 1. The van der Waals surface area contributed by atoms with E-state index in [4.69, 9.17) is 0 Å². The standard InChI is InChI=1S/C19H29N3O3S/c1-26(24,25)22-13-9-17(10-14-22)19(23)20-15-18(21-11-5-6-12-21)16-7-3-2-4-8-16/h2-4,7-8,17-18H,5-6,9-15H2,1H3,(H,20,23)/t18-/m1/s1. The zero-order valence-electron chi connectivity index (χ0n) is 15.4. The predicted octanol–water partition coefficient (Wildman–Crippen LogP) is 1.61. The minimum Gasteiger partial charge on any atom is -0.354 e. The van der Waals surface area contributed by atoms with E-state index in [9.17, 15) is 13.2 Å². The van der Waals surface area contributed by atoms with E-state index in [2.05, 4.69) is 22.3 Å². The van der Waals surface area contributed by atoms with Gasteiger partial charge in [0.1, 0.15) is 0 Å². The first kappa shape index (κ1) is 19.3. The highest BCUT2D eigenvalue weighted by Crippen LogP contribution is 2.25. The Labute approximate surface area is 156 Å². The Morgan fingerprint density at radius 2 is 1.73 bits per heavy atom. The van der Waals surface area contributed by atoms with Crippen molar-refractivity contribution in [2.75, 3.05) is 39.0 Å². The molecule has 1 aromatic carbocycles. The van der Waals surface area contributed by atoms with Crippen molar-refractivity contribution in [2.24, 2.45) is 5.92 Å². The van der Waals surface area contributed by atoms with Crippen molar-refractivity contribution in [3.63, 3.8) is 0 Å². The maximum absolute atomic E-state index is 12.6. The zero-order valence-corrected chi connectivity index (χ0v) is 16.2. The smallest absolute Gasteiger partial charge is 0.223 e. The van der Waals surface area contributed by atoms with E-state index in [-0.39, 0.29) is 17.9 Å². The molecule has 0 aliphatic carbocycles. The molecule has 2 fully saturated rings. The van der Waals surface area contributed by atoms with Gasteiger partial charge in [-0.25, -0.2) is 12.7 Å². The first-order valence-corrected chi connectivity index (χ1v) is 11.3. The fourth-order valence-electron chi connectivity index (χ4n) is 3.98. The van der Waals surface area contributed by atoms with Crippen LogP contribution in [-0.4, -0.2) is 62.5 Å². The van der Waals surface area contributed by atoms with Gasteiger partial charge in [0.05, 0.1) is 12.3 Å². The molecule has 0 bridgehead atoms. The summed E-state index contributed by atoms with van der Waals surface area (Å²) >= 11 is 0. The second-order valence-electron chi connectivity index (χ2n) is 7.35. The molecular weight excluding hydrogens is 350 g/mol. The number of likely N-dealkylation sites (tertiary alicyclic amines) is 1. The molecule has 6 nitrogen and oxygen atoms in total. The lowest BCUT2D eigenvalue weighted by Crippen LogP contribution is -2.44. The number of nitrogens with one attached hydrogen (secondary N) is 1. The molecule has 2 aliphatic heterocycles. The molecule has 3 rings (SSSR count). The molecule has 0 radical (unpaired) electrons. The summed E-state index contributed by atoms with van der Waals surface area (Å²) in [5, 5.41) is 3.13. The van der Waals surface area contributed by atoms with E-state index in [1.807, 2.05) is 18.2 Å². The lowest BCUT2D eigenvalue weighted by Gasteiger charge is -2.31. The average Bonchev–Trinajstić information content (AvgIpc) is 3.16. The molecule has 0 spiro atoms. The number of benzene rings is 1. The number of piperidine rings is 1. The Morgan fingerprint density at radius 1 is 1.12 bits per heavy atom. The van der Waals surface area contributed by atoms with Gasteiger partial charge in [-0.2, -0.15) is 0 Å². The van der Waals surface area contributed by atoms with Gasteiger partial charge < -0.3 is 5.32 Å². The minimum atomic E-state index is -3.15. The van der Waals surface area contributed by atoms with Crippen LogP contribution < -0.4 is 5.32 Å². The lowest BCUT2D eigenvalue weighted by molar-refractivity contribution is -0.126. The molecular formula is C19H29N3O3S. The summed E-state index contributed by atoms with van der Waals surface area (Å²) in [7, 11) is -3.15. The number of amides is 1. The lowest BCUT2D eigenvalue weighted by atomic mass is 9.97. The van der Waals surface area contributed by atoms with Gasteiger partial charge in [0, 0.05) is 25.6 Å². The Hall–Kier alpha value is -1.44. The molecule has 1 atom stereocenters. The van der Waals surface area contributed by atoms with E-state index in [0.29, 0.717) is 32.5 Å². The van der Waals surface area contributed by atoms with E-state index in [1.54, 1.807) is 0 Å². The highest BCUT2D eigenvalue weighted by atomic mass is 32.2. The van der Waals surface area contributed by atoms with Gasteiger partial charge >= 0.3 is 0 Å². The molecule has 144 valence electrons. The van der Waals surface area contributed by atoms with Gasteiger partial charge in [-0.3, -0.25) is 9.69 Å². The second-order valence-corrected chi connectivity index (χ2v) is 9.33. The summed E-state index contributed by atoms with van der Waals surface area (Å²) in [5.41, 5.74) is 1.24. The molecule has 2 aliphatic rings. The summed E-state index contributed by atoms with van der Waals surface area (Å²) in [6.45, 7) is 3.62. The van der Waals surface area contributed by atoms with Crippen molar-refractivity contribution >= 4 is 15.9 Å². The average molecular weight is 380 g/mol. The minimum absolute atomic E-state index is 0.0540. The fourth-order valence-corrected chi connectivity index (χ4v) is 4.85. The highest BCUT2D eigenvalue weighted by molar-refractivity contribution is 7.88. The zero-order chi connectivity index (χ0) is 18.6. The maximum Gasteiger partial charge on any atom is 0.223 e. The maximum atomic E-state index is 12.6. The molecule has 0 saturated carbocycles. The SMILES string of the molecule is CS(=O)(=O)N1CCC(C(=O)NC[C@H](c2ccccc2)N2CCCC2)CC1. The Bertz CT molecular complexity index is 694. The van der Waals surface area contributed by atoms with Crippen LogP contribution in [0.25, 0.3) is 0 Å². The second kappa shape index (κ2) is 8.50. The van der Waals surface area contributed by atoms with Gasteiger partial charge in [-0.1, -0.05) is 30.3 Å². The molecule has 2 saturated heterocycles. The quantitative estimate of drug-likeness (QED) is 0.815. The van der Waals surface area contributed by atoms with Gasteiger partial charge in [-0.05, 0) is 44.3 Å². The number of hydrogen-bond acceptors (Lipinski definition) is 4. The number of sulfonamides is 1. The monoisotopic (exact) mass is 379 g/mol. The molecule has 2 heterocycles. The van der Waals surface area contributed by atoms with Crippen LogP contribution in [0.1, 0.15) is 37.3 Å². The van der Waals surface area contributed by atoms with Crippen molar-refractivity contribution < 1.29 is 13.2 Å². The van der Waals surface area contributed by atoms with Crippen LogP contribution >= 0.6 is 0 Å². The fraction of sp³-hybridized carbons (Fsp3) is 0.632. The third-order valence-corrected chi connectivity index (χ3v) is 6.83. The van der Waals surface area contributed by atoms with Crippen LogP contribution in [-0.2, 0) is 14.8 Å². The molecule has 0 aromatic heterocycles. The number of carbonyl (C=O) groups excluding carboxylic acids is 1. The first-order chi connectivity index (χ1) is 12.4. The summed E-state index contributed by atoms with van der Waals surface area (Å²) in [4.78, 5) is 15.1.